The van der Waals surface area contributed by atoms with Crippen molar-refractivity contribution >= 4 is 22.1 Å². The van der Waals surface area contributed by atoms with Gasteiger partial charge in [-0.05, 0) is 31.9 Å². The van der Waals surface area contributed by atoms with Crippen LogP contribution in [-0.2, 0) is 19.6 Å². The summed E-state index contributed by atoms with van der Waals surface area (Å²) in [4.78, 5) is 24.9. The van der Waals surface area contributed by atoms with Crippen molar-refractivity contribution in [3.8, 4) is 0 Å². The van der Waals surface area contributed by atoms with Crippen molar-refractivity contribution < 1.29 is 61.6 Å². The van der Waals surface area contributed by atoms with E-state index in [4.69, 9.17) is 9.47 Å². The molecule has 1 unspecified atom stereocenters. The van der Waals surface area contributed by atoms with Crippen LogP contribution in [0.5, 0.6) is 0 Å². The van der Waals surface area contributed by atoms with Crippen LogP contribution in [0, 0.1) is 0 Å². The zero-order valence-corrected chi connectivity index (χ0v) is 28.1. The van der Waals surface area contributed by atoms with Gasteiger partial charge in [-0.2, -0.15) is 0 Å². The molecule has 40 heavy (non-hydrogen) atoms. The third-order valence-corrected chi connectivity index (χ3v) is 8.32. The topological polar surface area (TPSA) is 110 Å². The zero-order chi connectivity index (χ0) is 28.8. The number of benzene rings is 1. The van der Waals surface area contributed by atoms with Crippen LogP contribution in [0.1, 0.15) is 150 Å². The van der Waals surface area contributed by atoms with Crippen molar-refractivity contribution in [3.63, 3.8) is 0 Å². The predicted molar refractivity (Wildman–Crippen MR) is 155 cm³/mol. The Labute approximate surface area is 265 Å². The molecule has 7 nitrogen and oxygen atoms in total. The molecule has 224 valence electrons. The molecule has 0 aliphatic heterocycles. The molecule has 1 rings (SSSR count). The Morgan fingerprint density at radius 1 is 0.675 bits per heavy atom. The van der Waals surface area contributed by atoms with E-state index in [0.717, 1.165) is 19.3 Å². The molecule has 0 radical (unpaired) electrons. The Balaban J connectivity index is 0.0000152. The van der Waals surface area contributed by atoms with Gasteiger partial charge in [0.15, 0.2) is 0 Å². The van der Waals surface area contributed by atoms with E-state index < -0.39 is 27.3 Å². The molecule has 9 heteroatoms. The Morgan fingerprint density at radius 3 is 1.40 bits per heavy atom. The summed E-state index contributed by atoms with van der Waals surface area (Å²) in [6.07, 6.45) is 21.7. The van der Waals surface area contributed by atoms with E-state index in [1.165, 1.54) is 109 Å². The second-order valence-corrected chi connectivity index (χ2v) is 12.4. The number of hydrogen-bond acceptors (Lipinski definition) is 7. The Morgan fingerprint density at radius 2 is 1.02 bits per heavy atom. The van der Waals surface area contributed by atoms with E-state index in [0.29, 0.717) is 6.61 Å². The second kappa shape index (κ2) is 24.6. The molecule has 0 N–H and O–H groups in total. The third kappa shape index (κ3) is 19.2. The molecule has 0 spiro atoms. The average molecular weight is 591 g/mol. The van der Waals surface area contributed by atoms with Crippen molar-refractivity contribution in [2.45, 2.75) is 135 Å². The number of hydrogen-bond donors (Lipinski definition) is 0. The van der Waals surface area contributed by atoms with Crippen molar-refractivity contribution in [2.24, 2.45) is 0 Å². The fourth-order valence-corrected chi connectivity index (χ4v) is 4.83. The van der Waals surface area contributed by atoms with Gasteiger partial charge in [-0.15, -0.1) is 0 Å². The van der Waals surface area contributed by atoms with Crippen LogP contribution >= 0.6 is 0 Å². The summed E-state index contributed by atoms with van der Waals surface area (Å²) in [5.74, 6) is -1.34. The maximum atomic E-state index is 12.5. The standard InChI is InChI=1S/C31H52O7S.Na/c1-3-4-5-6-7-8-9-10-11-12-13-14-15-16-17-18-21-25-37-30(32)28-22-19-20-23-29(28)31(33)38-26-24-27(2)39(34,35)36;/h19-20,22-23,27H,3-18,21,24-26H2,1-2H3,(H,34,35,36);/q;+1/p-1. The van der Waals surface area contributed by atoms with Gasteiger partial charge < -0.3 is 14.0 Å². The molecule has 0 aromatic heterocycles. The van der Waals surface area contributed by atoms with Crippen molar-refractivity contribution in [2.75, 3.05) is 13.2 Å². The second-order valence-electron chi connectivity index (χ2n) is 10.6. The largest absolute Gasteiger partial charge is 1.00 e. The number of carbonyl (C=O) groups excluding carboxylic acids is 2. The molecule has 0 aliphatic rings. The number of esters is 2. The average Bonchev–Trinajstić information content (AvgIpc) is 2.91. The van der Waals surface area contributed by atoms with E-state index in [2.05, 4.69) is 6.92 Å². The SMILES string of the molecule is CCCCCCCCCCCCCCCCCCCOC(=O)c1ccccc1C(=O)OCCC(C)S(=O)(=O)[O-].[Na+]. The number of ether oxygens (including phenoxy) is 2. The first-order chi connectivity index (χ1) is 18.8. The number of carbonyl (C=O) groups is 2. The minimum absolute atomic E-state index is 0. The molecule has 0 saturated heterocycles. The molecule has 0 aliphatic carbocycles. The summed E-state index contributed by atoms with van der Waals surface area (Å²) in [5.41, 5.74) is 0.168. The van der Waals surface area contributed by atoms with Crippen LogP contribution in [0.4, 0.5) is 0 Å². The molecular formula is C31H51NaO7S. The van der Waals surface area contributed by atoms with Gasteiger partial charge in [0.05, 0.1) is 34.5 Å². The van der Waals surface area contributed by atoms with Gasteiger partial charge in [-0.3, -0.25) is 0 Å². The Bertz CT molecular complexity index is 905. The third-order valence-electron chi connectivity index (χ3n) is 7.10. The fourth-order valence-electron chi connectivity index (χ4n) is 4.45. The molecule has 0 bridgehead atoms. The molecule has 1 aromatic rings. The normalized spacial score (nSPS) is 12.0. The summed E-state index contributed by atoms with van der Waals surface area (Å²) in [5, 5.41) is -1.16. The van der Waals surface area contributed by atoms with E-state index in [-0.39, 0.29) is 53.7 Å². The van der Waals surface area contributed by atoms with E-state index >= 15 is 0 Å². The summed E-state index contributed by atoms with van der Waals surface area (Å²) in [7, 11) is -4.43. The quantitative estimate of drug-likeness (QED) is 0.0723. The van der Waals surface area contributed by atoms with E-state index in [1.54, 1.807) is 12.1 Å². The molecule has 0 fully saturated rings. The van der Waals surface area contributed by atoms with Crippen molar-refractivity contribution in [1.82, 2.24) is 0 Å². The molecule has 0 heterocycles. The Hall–Kier alpha value is -0.930. The summed E-state index contributed by atoms with van der Waals surface area (Å²) in [6.45, 7) is 3.59. The zero-order valence-electron chi connectivity index (χ0n) is 25.3. The van der Waals surface area contributed by atoms with Crippen LogP contribution < -0.4 is 29.6 Å². The first-order valence-electron chi connectivity index (χ1n) is 15.1. The molecular weight excluding hydrogens is 539 g/mol. The monoisotopic (exact) mass is 590 g/mol. The minimum Gasteiger partial charge on any atom is -0.748 e. The Kier molecular flexibility index (Phi) is 24.1. The number of unbranched alkanes of at least 4 members (excludes halogenated alkanes) is 16. The van der Waals surface area contributed by atoms with Crippen LogP contribution in [0.3, 0.4) is 0 Å². The van der Waals surface area contributed by atoms with Gasteiger partial charge in [-0.25, -0.2) is 18.0 Å². The first kappa shape index (κ1) is 39.1. The minimum atomic E-state index is -4.43. The maximum Gasteiger partial charge on any atom is 1.00 e. The van der Waals surface area contributed by atoms with Crippen LogP contribution in [0.15, 0.2) is 24.3 Å². The van der Waals surface area contributed by atoms with Crippen molar-refractivity contribution in [1.29, 1.82) is 0 Å². The molecule has 0 saturated carbocycles. The number of rotatable bonds is 24. The smallest absolute Gasteiger partial charge is 0.748 e. The molecule has 0 amide bonds. The summed E-state index contributed by atoms with van der Waals surface area (Å²) >= 11 is 0. The van der Waals surface area contributed by atoms with Crippen LogP contribution in [0.25, 0.3) is 0 Å². The van der Waals surface area contributed by atoms with Gasteiger partial charge >= 0.3 is 41.5 Å². The van der Waals surface area contributed by atoms with Gasteiger partial charge in [0.25, 0.3) is 0 Å². The van der Waals surface area contributed by atoms with Crippen LogP contribution in [0.2, 0.25) is 0 Å². The predicted octanol–water partition coefficient (Wildman–Crippen LogP) is 4.98. The fraction of sp³-hybridized carbons (Fsp3) is 0.742. The molecule has 1 aromatic carbocycles. The first-order valence-corrected chi connectivity index (χ1v) is 16.6. The van der Waals surface area contributed by atoms with Gasteiger partial charge in [0.1, 0.15) is 0 Å². The van der Waals surface area contributed by atoms with Crippen LogP contribution in [-0.4, -0.2) is 43.4 Å². The van der Waals surface area contributed by atoms with Gasteiger partial charge in [0.2, 0.25) is 0 Å². The summed E-state index contributed by atoms with van der Waals surface area (Å²) < 4.78 is 43.3. The molecule has 1 atom stereocenters. The van der Waals surface area contributed by atoms with E-state index in [1.807, 2.05) is 0 Å². The maximum absolute atomic E-state index is 12.5. The summed E-state index contributed by atoms with van der Waals surface area (Å²) in [6, 6.07) is 6.20. The van der Waals surface area contributed by atoms with Gasteiger partial charge in [-0.1, -0.05) is 122 Å². The van der Waals surface area contributed by atoms with Crippen molar-refractivity contribution in [3.05, 3.63) is 35.4 Å². The van der Waals surface area contributed by atoms with E-state index in [9.17, 15) is 22.6 Å². The van der Waals surface area contributed by atoms with Gasteiger partial charge in [0, 0.05) is 5.25 Å².